The molecule has 0 fully saturated rings. The van der Waals surface area contributed by atoms with Crippen LogP contribution in [0.2, 0.25) is 0 Å². The van der Waals surface area contributed by atoms with E-state index in [0.29, 0.717) is 0 Å². The van der Waals surface area contributed by atoms with E-state index in [0.717, 1.165) is 0 Å². The minimum absolute atomic E-state index is 0. The SMILES string of the molecule is [C-]#[O+].[C-]#[O+].[C-]#[O+].[Mo].c1ccc(P(CCP(CCP(c2ccccc2)c2ccccc2)c2ccccc2)CCP(c2ccccc2)c2ccccc2)cc1. The van der Waals surface area contributed by atoms with Crippen molar-refractivity contribution in [1.82, 2.24) is 0 Å². The summed E-state index contributed by atoms with van der Waals surface area (Å²) in [5.41, 5.74) is 0. The summed E-state index contributed by atoms with van der Waals surface area (Å²) < 4.78 is 22.5. The first-order valence-corrected chi connectivity index (χ1v) is 23.3. The smallest absolute Gasteiger partial charge is 0 e. The van der Waals surface area contributed by atoms with Gasteiger partial charge in [-0.25, -0.2) is 0 Å². The Balaban J connectivity index is 0.00000132. The van der Waals surface area contributed by atoms with E-state index in [-0.39, 0.29) is 52.8 Å². The van der Waals surface area contributed by atoms with E-state index in [2.05, 4.69) is 202 Å². The van der Waals surface area contributed by atoms with Crippen molar-refractivity contribution in [3.05, 3.63) is 202 Å². The Morgan fingerprint density at radius 3 is 0.642 bits per heavy atom. The molecular weight excluding hydrogens is 808 g/mol. The molecule has 0 heterocycles. The van der Waals surface area contributed by atoms with Crippen LogP contribution in [0.1, 0.15) is 0 Å². The summed E-state index contributed by atoms with van der Waals surface area (Å²) in [5.74, 6) is 0. The topological polar surface area (TPSA) is 59.7 Å². The Bertz CT molecular complexity index is 1620. The predicted octanol–water partition coefficient (Wildman–Crippen LogP) is 8.75. The van der Waals surface area contributed by atoms with Gasteiger partial charge in [-0.15, -0.1) is 0 Å². The maximum Gasteiger partial charge on any atom is 0 e. The van der Waals surface area contributed by atoms with Crippen molar-refractivity contribution in [3.8, 4) is 0 Å². The molecule has 2 unspecified atom stereocenters. The maximum absolute atomic E-state index is 7.50. The Morgan fingerprint density at radius 2 is 0.434 bits per heavy atom. The zero-order valence-electron chi connectivity index (χ0n) is 29.5. The van der Waals surface area contributed by atoms with Gasteiger partial charge in [0.25, 0.3) is 0 Å². The molecule has 0 amide bonds. The molecular formula is C45H42MoO3P4. The average molecular weight is 851 g/mol. The summed E-state index contributed by atoms with van der Waals surface area (Å²) >= 11 is 0. The van der Waals surface area contributed by atoms with Crippen LogP contribution in [0.25, 0.3) is 0 Å². The standard InChI is InChI=1S/C42H42P4.3CO.Mo/c1-7-19-37(20-8-1)43(33-35-45(39-23-11-3-12-24-39)40-25-13-4-14-26-40)31-32-44(38-21-9-2-10-22-38)34-36-46(41-27-15-5-16-28-41)42-29-17-6-18-30-42;3*1-2;/h1-30H,31-36H2;;;;. The Morgan fingerprint density at radius 1 is 0.264 bits per heavy atom. The van der Waals surface area contributed by atoms with Crippen molar-refractivity contribution in [2.24, 2.45) is 0 Å². The fourth-order valence-corrected chi connectivity index (χ4v) is 17.8. The number of hydrogen-bond acceptors (Lipinski definition) is 0. The van der Waals surface area contributed by atoms with Crippen molar-refractivity contribution in [2.75, 3.05) is 37.0 Å². The number of rotatable bonds is 15. The van der Waals surface area contributed by atoms with Gasteiger partial charge in [0.05, 0.1) is 0 Å². The summed E-state index contributed by atoms with van der Waals surface area (Å²) in [6, 6.07) is 67.9. The molecule has 6 aromatic rings. The van der Waals surface area contributed by atoms with Gasteiger partial charge in [0, 0.05) is 21.1 Å². The van der Waals surface area contributed by atoms with Gasteiger partial charge in [0.1, 0.15) is 0 Å². The number of hydrogen-bond donors (Lipinski definition) is 0. The van der Waals surface area contributed by atoms with Gasteiger partial charge in [0.15, 0.2) is 0 Å². The third kappa shape index (κ3) is 15.3. The Kier molecular flexibility index (Phi) is 24.7. The number of benzene rings is 6. The minimum atomic E-state index is -0.386. The van der Waals surface area contributed by atoms with E-state index in [1.54, 1.807) is 10.6 Å². The van der Waals surface area contributed by atoms with Gasteiger partial charge < -0.3 is 0 Å². The quantitative estimate of drug-likeness (QED) is 0.0430. The molecule has 0 aliphatic heterocycles. The molecule has 0 radical (unpaired) electrons. The van der Waals surface area contributed by atoms with E-state index in [1.807, 2.05) is 0 Å². The van der Waals surface area contributed by atoms with Crippen molar-refractivity contribution in [3.63, 3.8) is 0 Å². The van der Waals surface area contributed by atoms with Crippen LogP contribution >= 0.6 is 31.7 Å². The van der Waals surface area contributed by atoms with E-state index in [9.17, 15) is 0 Å². The zero-order chi connectivity index (χ0) is 37.2. The molecule has 0 saturated carbocycles. The molecule has 6 aromatic carbocycles. The third-order valence-electron chi connectivity index (χ3n) is 8.34. The summed E-state index contributed by atoms with van der Waals surface area (Å²) in [6.45, 7) is 13.5. The van der Waals surface area contributed by atoms with Crippen molar-refractivity contribution in [2.45, 2.75) is 0 Å². The molecule has 0 aromatic heterocycles. The molecule has 0 spiro atoms. The van der Waals surface area contributed by atoms with Crippen LogP contribution < -0.4 is 31.8 Å². The fourth-order valence-electron chi connectivity index (χ4n) is 5.95. The van der Waals surface area contributed by atoms with Gasteiger partial charge in [0.2, 0.25) is 0 Å². The zero-order valence-corrected chi connectivity index (χ0v) is 35.1. The molecule has 2 atom stereocenters. The van der Waals surface area contributed by atoms with Gasteiger partial charge >= 0.3 is 33.9 Å². The predicted molar refractivity (Wildman–Crippen MR) is 225 cm³/mol. The van der Waals surface area contributed by atoms with Gasteiger partial charge in [-0.05, 0) is 84.6 Å². The second kappa shape index (κ2) is 28.4. The first kappa shape index (κ1) is 46.1. The van der Waals surface area contributed by atoms with Crippen LogP contribution in [-0.4, -0.2) is 37.0 Å². The second-order valence-electron chi connectivity index (χ2n) is 11.3. The molecule has 266 valence electrons. The maximum atomic E-state index is 7.50. The van der Waals surface area contributed by atoms with Crippen molar-refractivity contribution >= 4 is 63.5 Å². The Labute approximate surface area is 335 Å². The van der Waals surface area contributed by atoms with E-state index in [4.69, 9.17) is 14.0 Å². The van der Waals surface area contributed by atoms with Crippen LogP contribution in [0.3, 0.4) is 0 Å². The Hall–Kier alpha value is -3.05. The molecule has 53 heavy (non-hydrogen) atoms. The largest absolute Gasteiger partial charge is 0.0746 e. The van der Waals surface area contributed by atoms with E-state index < -0.39 is 0 Å². The van der Waals surface area contributed by atoms with Gasteiger partial charge in [-0.3, -0.25) is 0 Å². The second-order valence-corrected chi connectivity index (χ2v) is 20.9. The molecule has 6 rings (SSSR count). The van der Waals surface area contributed by atoms with Crippen molar-refractivity contribution < 1.29 is 35.0 Å². The van der Waals surface area contributed by atoms with Gasteiger partial charge in [-0.2, -0.15) is 0 Å². The molecule has 8 heteroatoms. The van der Waals surface area contributed by atoms with Crippen LogP contribution in [0, 0.1) is 20.0 Å². The molecule has 0 aliphatic carbocycles. The third-order valence-corrected chi connectivity index (χ3v) is 19.5. The minimum Gasteiger partial charge on any atom is -0.0746 e. The molecule has 0 N–H and O–H groups in total. The van der Waals surface area contributed by atoms with E-state index >= 15 is 0 Å². The van der Waals surface area contributed by atoms with Crippen molar-refractivity contribution in [1.29, 1.82) is 0 Å². The van der Waals surface area contributed by atoms with Crippen LogP contribution in [0.4, 0.5) is 0 Å². The van der Waals surface area contributed by atoms with E-state index in [1.165, 1.54) is 58.2 Å². The fraction of sp³-hybridized carbons (Fsp3) is 0.133. The van der Waals surface area contributed by atoms with Crippen LogP contribution in [0.15, 0.2) is 182 Å². The monoisotopic (exact) mass is 852 g/mol. The summed E-state index contributed by atoms with van der Waals surface area (Å²) in [6.07, 6.45) is 7.60. The van der Waals surface area contributed by atoms with Crippen LogP contribution in [-0.2, 0) is 35.0 Å². The molecule has 0 saturated heterocycles. The average Bonchev–Trinajstić information content (AvgIpc) is 3.25. The first-order chi connectivity index (χ1) is 25.8. The summed E-state index contributed by atoms with van der Waals surface area (Å²) in [4.78, 5) is 0. The van der Waals surface area contributed by atoms with Crippen LogP contribution in [0.5, 0.6) is 0 Å². The summed E-state index contributed by atoms with van der Waals surface area (Å²) in [7, 11) is -1.31. The molecule has 3 nitrogen and oxygen atoms in total. The summed E-state index contributed by atoms with van der Waals surface area (Å²) in [5, 5.41) is 9.10. The van der Waals surface area contributed by atoms with Gasteiger partial charge in [-0.1, -0.05) is 198 Å². The molecule has 0 bridgehead atoms. The molecule has 0 aliphatic rings. The normalized spacial score (nSPS) is 11.1. The first-order valence-electron chi connectivity index (χ1n) is 16.8.